The van der Waals surface area contributed by atoms with Crippen molar-refractivity contribution in [3.8, 4) is 5.88 Å². The standard InChI is InChI=1S/C8H14N4O2/c1-12-3-2-9-5(4-12)6-7(13)10-11-8(6)14/h5,9H,2-4H2,1H3,(H3,10,11,13,14). The third kappa shape index (κ3) is 1.53. The number of nitrogens with one attached hydrogen (secondary N) is 3. The van der Waals surface area contributed by atoms with Gasteiger partial charge in [-0.25, -0.2) is 0 Å². The highest BCUT2D eigenvalue weighted by atomic mass is 16.3. The molecule has 2 heterocycles. The summed E-state index contributed by atoms with van der Waals surface area (Å²) in [4.78, 5) is 13.5. The number of aromatic nitrogens is 2. The third-order valence-electron chi connectivity index (χ3n) is 2.52. The lowest BCUT2D eigenvalue weighted by atomic mass is 10.1. The molecule has 2 rings (SSSR count). The molecule has 0 aliphatic carbocycles. The SMILES string of the molecule is CN1CCNC(c2c(O)[nH][nH]c2=O)C1. The molecule has 1 fully saturated rings. The monoisotopic (exact) mass is 198 g/mol. The number of H-pyrrole nitrogens is 2. The minimum atomic E-state index is -0.254. The first-order valence-corrected chi connectivity index (χ1v) is 4.60. The van der Waals surface area contributed by atoms with Gasteiger partial charge < -0.3 is 15.3 Å². The maximum absolute atomic E-state index is 11.3. The molecule has 0 aromatic carbocycles. The second-order valence-electron chi connectivity index (χ2n) is 3.61. The molecular formula is C8H14N4O2. The highest BCUT2D eigenvalue weighted by Gasteiger charge is 2.24. The third-order valence-corrected chi connectivity index (χ3v) is 2.52. The van der Waals surface area contributed by atoms with Gasteiger partial charge in [0.25, 0.3) is 5.56 Å². The van der Waals surface area contributed by atoms with Crippen LogP contribution in [0.1, 0.15) is 11.6 Å². The molecule has 0 spiro atoms. The van der Waals surface area contributed by atoms with Crippen LogP contribution in [-0.4, -0.2) is 46.9 Å². The summed E-state index contributed by atoms with van der Waals surface area (Å²) in [5.41, 5.74) is 0.145. The van der Waals surface area contributed by atoms with E-state index in [4.69, 9.17) is 0 Å². The lowest BCUT2D eigenvalue weighted by Gasteiger charge is -2.29. The van der Waals surface area contributed by atoms with Crippen molar-refractivity contribution in [2.75, 3.05) is 26.7 Å². The molecule has 1 aromatic rings. The number of nitrogens with zero attached hydrogens (tertiary/aromatic N) is 1. The smallest absolute Gasteiger partial charge is 0.272 e. The van der Waals surface area contributed by atoms with E-state index in [1.165, 1.54) is 0 Å². The maximum Gasteiger partial charge on any atom is 0.272 e. The first kappa shape index (κ1) is 9.29. The van der Waals surface area contributed by atoms with Crippen LogP contribution in [0.15, 0.2) is 4.79 Å². The van der Waals surface area contributed by atoms with Gasteiger partial charge >= 0.3 is 0 Å². The van der Waals surface area contributed by atoms with E-state index in [9.17, 15) is 9.90 Å². The summed E-state index contributed by atoms with van der Waals surface area (Å²) in [6, 6.07) is -0.0938. The first-order chi connectivity index (χ1) is 6.68. The van der Waals surface area contributed by atoms with E-state index < -0.39 is 0 Å². The molecule has 1 aromatic heterocycles. The van der Waals surface area contributed by atoms with Crippen LogP contribution >= 0.6 is 0 Å². The minimum absolute atomic E-state index is 0.0669. The molecule has 4 N–H and O–H groups in total. The summed E-state index contributed by atoms with van der Waals surface area (Å²) in [5.74, 6) is -0.0669. The number of aromatic hydroxyl groups is 1. The summed E-state index contributed by atoms with van der Waals surface area (Å²) >= 11 is 0. The molecule has 0 radical (unpaired) electrons. The predicted molar refractivity (Wildman–Crippen MR) is 51.3 cm³/mol. The molecule has 78 valence electrons. The zero-order valence-electron chi connectivity index (χ0n) is 8.00. The zero-order valence-corrected chi connectivity index (χ0v) is 8.00. The number of hydrogen-bond acceptors (Lipinski definition) is 4. The highest BCUT2D eigenvalue weighted by Crippen LogP contribution is 2.19. The van der Waals surface area contributed by atoms with Crippen molar-refractivity contribution in [3.63, 3.8) is 0 Å². The van der Waals surface area contributed by atoms with E-state index in [0.717, 1.165) is 19.6 Å². The Kier molecular flexibility index (Phi) is 2.30. The molecule has 14 heavy (non-hydrogen) atoms. The summed E-state index contributed by atoms with van der Waals surface area (Å²) in [6.07, 6.45) is 0. The number of likely N-dealkylation sites (N-methyl/N-ethyl adjacent to an activating group) is 1. The second-order valence-corrected chi connectivity index (χ2v) is 3.61. The van der Waals surface area contributed by atoms with Crippen molar-refractivity contribution < 1.29 is 5.11 Å². The van der Waals surface area contributed by atoms with E-state index in [2.05, 4.69) is 20.4 Å². The average molecular weight is 198 g/mol. The van der Waals surface area contributed by atoms with E-state index in [1.807, 2.05) is 7.05 Å². The molecule has 6 heteroatoms. The van der Waals surface area contributed by atoms with E-state index in [-0.39, 0.29) is 17.5 Å². The summed E-state index contributed by atoms with van der Waals surface area (Å²) in [7, 11) is 1.99. The summed E-state index contributed by atoms with van der Waals surface area (Å²) < 4.78 is 0. The Morgan fingerprint density at radius 3 is 2.86 bits per heavy atom. The maximum atomic E-state index is 11.3. The molecule has 1 unspecified atom stereocenters. The van der Waals surface area contributed by atoms with Crippen LogP contribution in [0.4, 0.5) is 0 Å². The van der Waals surface area contributed by atoms with Gasteiger partial charge in [-0.1, -0.05) is 0 Å². The van der Waals surface area contributed by atoms with Gasteiger partial charge in [-0.3, -0.25) is 15.0 Å². The summed E-state index contributed by atoms with van der Waals surface area (Å²) in [5, 5.41) is 17.4. The average Bonchev–Trinajstić information content (AvgIpc) is 2.46. The molecule has 1 aliphatic rings. The van der Waals surface area contributed by atoms with Gasteiger partial charge in [-0.15, -0.1) is 0 Å². The lowest BCUT2D eigenvalue weighted by molar-refractivity contribution is 0.237. The Hall–Kier alpha value is -1.27. The minimum Gasteiger partial charge on any atom is -0.493 e. The van der Waals surface area contributed by atoms with Crippen LogP contribution in [0.25, 0.3) is 0 Å². The second kappa shape index (κ2) is 3.47. The Morgan fingerprint density at radius 1 is 1.50 bits per heavy atom. The number of piperazine rings is 1. The van der Waals surface area contributed by atoms with E-state index in [1.54, 1.807) is 0 Å². The quantitative estimate of drug-likeness (QED) is 0.465. The fourth-order valence-corrected chi connectivity index (χ4v) is 1.77. The molecule has 0 bridgehead atoms. The van der Waals surface area contributed by atoms with Crippen LogP contribution in [-0.2, 0) is 0 Å². The molecule has 0 amide bonds. The topological polar surface area (TPSA) is 84.2 Å². The van der Waals surface area contributed by atoms with Gasteiger partial charge in [-0.05, 0) is 7.05 Å². The van der Waals surface area contributed by atoms with Crippen molar-refractivity contribution in [2.45, 2.75) is 6.04 Å². The normalized spacial score (nSPS) is 23.9. The van der Waals surface area contributed by atoms with Crippen molar-refractivity contribution >= 4 is 0 Å². The van der Waals surface area contributed by atoms with Crippen LogP contribution in [0, 0.1) is 0 Å². The Morgan fingerprint density at radius 2 is 2.29 bits per heavy atom. The Balaban J connectivity index is 2.26. The van der Waals surface area contributed by atoms with E-state index in [0.29, 0.717) is 5.56 Å². The Bertz CT molecular complexity index is 370. The first-order valence-electron chi connectivity index (χ1n) is 4.60. The molecular weight excluding hydrogens is 184 g/mol. The fourth-order valence-electron chi connectivity index (χ4n) is 1.77. The number of aromatic amines is 2. The van der Waals surface area contributed by atoms with Gasteiger partial charge in [0.1, 0.15) is 0 Å². The van der Waals surface area contributed by atoms with Crippen molar-refractivity contribution in [1.82, 2.24) is 20.4 Å². The van der Waals surface area contributed by atoms with Crippen LogP contribution < -0.4 is 10.9 Å². The fraction of sp³-hybridized carbons (Fsp3) is 0.625. The van der Waals surface area contributed by atoms with E-state index >= 15 is 0 Å². The molecule has 1 aliphatic heterocycles. The molecule has 6 nitrogen and oxygen atoms in total. The Labute approximate surface area is 80.9 Å². The lowest BCUT2D eigenvalue weighted by Crippen LogP contribution is -2.44. The van der Waals surface area contributed by atoms with Crippen LogP contribution in [0.2, 0.25) is 0 Å². The summed E-state index contributed by atoms with van der Waals surface area (Å²) in [6.45, 7) is 2.51. The van der Waals surface area contributed by atoms with Crippen LogP contribution in [0.3, 0.4) is 0 Å². The van der Waals surface area contributed by atoms with Crippen LogP contribution in [0.5, 0.6) is 5.88 Å². The van der Waals surface area contributed by atoms with Crippen molar-refractivity contribution in [2.24, 2.45) is 0 Å². The van der Waals surface area contributed by atoms with Gasteiger partial charge in [0.05, 0.1) is 11.6 Å². The predicted octanol–water partition coefficient (Wildman–Crippen LogP) is -1.02. The highest BCUT2D eigenvalue weighted by molar-refractivity contribution is 5.25. The van der Waals surface area contributed by atoms with Gasteiger partial charge in [0.15, 0.2) is 0 Å². The number of hydrogen-bond donors (Lipinski definition) is 4. The zero-order chi connectivity index (χ0) is 10.1. The molecule has 0 saturated carbocycles. The molecule has 1 atom stereocenters. The number of rotatable bonds is 1. The largest absolute Gasteiger partial charge is 0.493 e. The van der Waals surface area contributed by atoms with Gasteiger partial charge in [-0.2, -0.15) is 0 Å². The van der Waals surface area contributed by atoms with Crippen molar-refractivity contribution in [3.05, 3.63) is 15.9 Å². The molecule has 1 saturated heterocycles. The van der Waals surface area contributed by atoms with Crippen molar-refractivity contribution in [1.29, 1.82) is 0 Å². The van der Waals surface area contributed by atoms with Gasteiger partial charge in [0, 0.05) is 19.6 Å². The van der Waals surface area contributed by atoms with Gasteiger partial charge in [0.2, 0.25) is 5.88 Å².